The van der Waals surface area contributed by atoms with E-state index in [1.54, 1.807) is 18.3 Å². The smallest absolute Gasteiger partial charge is 0.244 e. The highest BCUT2D eigenvalue weighted by Crippen LogP contribution is 2.25. The fourth-order valence-corrected chi connectivity index (χ4v) is 3.02. The highest BCUT2D eigenvalue weighted by Gasteiger charge is 2.15. The van der Waals surface area contributed by atoms with Gasteiger partial charge in [0.05, 0.1) is 17.0 Å². The molecule has 0 fully saturated rings. The number of hydrazine groups is 1. The Kier molecular flexibility index (Phi) is 5.98. The minimum Gasteiger partial charge on any atom is -0.440 e. The normalized spacial score (nSPS) is 10.3. The SMILES string of the molecule is Cc1oc(-c2cccs2)nc1CC(=O)NNC(=S)NCc1ccccc1. The predicted molar refractivity (Wildman–Crippen MR) is 105 cm³/mol. The number of thiocarbonyl (C=S) groups is 1. The summed E-state index contributed by atoms with van der Waals surface area (Å²) in [4.78, 5) is 17.4. The number of hydrogen-bond donors (Lipinski definition) is 3. The van der Waals surface area contributed by atoms with Gasteiger partial charge in [-0.25, -0.2) is 4.98 Å². The van der Waals surface area contributed by atoms with E-state index in [4.69, 9.17) is 16.6 Å². The van der Waals surface area contributed by atoms with Crippen molar-refractivity contribution in [2.45, 2.75) is 19.9 Å². The Hall–Kier alpha value is -2.71. The number of carbonyl (C=O) groups is 1. The number of aromatic nitrogens is 1. The molecule has 1 amide bonds. The largest absolute Gasteiger partial charge is 0.440 e. The van der Waals surface area contributed by atoms with Gasteiger partial charge in [-0.15, -0.1) is 11.3 Å². The van der Waals surface area contributed by atoms with E-state index in [1.165, 1.54) is 0 Å². The molecule has 6 nitrogen and oxygen atoms in total. The zero-order valence-electron chi connectivity index (χ0n) is 14.1. The summed E-state index contributed by atoms with van der Waals surface area (Å²) in [5.41, 5.74) is 6.96. The highest BCUT2D eigenvalue weighted by molar-refractivity contribution is 7.80. The van der Waals surface area contributed by atoms with Crippen LogP contribution >= 0.6 is 23.6 Å². The second-order valence-electron chi connectivity index (χ2n) is 5.52. The number of amides is 1. The number of rotatable bonds is 5. The molecule has 0 aliphatic rings. The van der Waals surface area contributed by atoms with E-state index in [0.717, 1.165) is 10.4 Å². The fourth-order valence-electron chi connectivity index (χ4n) is 2.24. The molecule has 0 aliphatic heterocycles. The molecule has 0 spiro atoms. The molecule has 0 radical (unpaired) electrons. The second-order valence-corrected chi connectivity index (χ2v) is 6.87. The molecule has 3 N–H and O–H groups in total. The summed E-state index contributed by atoms with van der Waals surface area (Å²) >= 11 is 6.69. The standard InChI is InChI=1S/C18H18N4O2S2/c1-12-14(20-17(24-12)15-8-5-9-26-15)10-16(23)21-22-18(25)19-11-13-6-3-2-4-7-13/h2-9H,10-11H2,1H3,(H,21,23)(H2,19,22,25). The molecular formula is C18H18N4O2S2. The number of nitrogens with zero attached hydrogens (tertiary/aromatic N) is 1. The molecule has 26 heavy (non-hydrogen) atoms. The van der Waals surface area contributed by atoms with Gasteiger partial charge in [0.2, 0.25) is 11.8 Å². The van der Waals surface area contributed by atoms with Crippen LogP contribution < -0.4 is 16.2 Å². The maximum absolute atomic E-state index is 12.1. The molecule has 0 aliphatic carbocycles. The Bertz CT molecular complexity index is 876. The predicted octanol–water partition coefficient (Wildman–Crippen LogP) is 2.95. The molecule has 0 saturated heterocycles. The van der Waals surface area contributed by atoms with Gasteiger partial charge in [0.1, 0.15) is 5.76 Å². The first kappa shape index (κ1) is 18.1. The molecule has 0 atom stereocenters. The zero-order valence-corrected chi connectivity index (χ0v) is 15.7. The van der Waals surface area contributed by atoms with Crippen LogP contribution in [0.5, 0.6) is 0 Å². The molecule has 2 aromatic heterocycles. The van der Waals surface area contributed by atoms with Crippen LogP contribution in [0.25, 0.3) is 10.8 Å². The first-order valence-corrected chi connectivity index (χ1v) is 9.27. The Balaban J connectivity index is 1.46. The van der Waals surface area contributed by atoms with Crippen molar-refractivity contribution in [2.24, 2.45) is 0 Å². The summed E-state index contributed by atoms with van der Waals surface area (Å²) in [6, 6.07) is 13.7. The van der Waals surface area contributed by atoms with E-state index in [1.807, 2.05) is 47.8 Å². The van der Waals surface area contributed by atoms with Crippen molar-refractivity contribution in [3.63, 3.8) is 0 Å². The third-order valence-corrected chi connectivity index (χ3v) is 4.67. The molecule has 3 rings (SSSR count). The maximum atomic E-state index is 12.1. The second kappa shape index (κ2) is 8.59. The molecule has 0 unspecified atom stereocenters. The van der Waals surface area contributed by atoms with Crippen LogP contribution in [0, 0.1) is 6.92 Å². The summed E-state index contributed by atoms with van der Waals surface area (Å²) in [5.74, 6) is 0.921. The van der Waals surface area contributed by atoms with Gasteiger partial charge in [0.25, 0.3) is 0 Å². The number of nitrogens with one attached hydrogen (secondary N) is 3. The van der Waals surface area contributed by atoms with Gasteiger partial charge < -0.3 is 9.73 Å². The van der Waals surface area contributed by atoms with Crippen LogP contribution in [0.1, 0.15) is 17.0 Å². The van der Waals surface area contributed by atoms with Crippen molar-refractivity contribution in [1.82, 2.24) is 21.2 Å². The van der Waals surface area contributed by atoms with E-state index in [2.05, 4.69) is 21.2 Å². The lowest BCUT2D eigenvalue weighted by Gasteiger charge is -2.11. The van der Waals surface area contributed by atoms with Gasteiger partial charge in [-0.2, -0.15) is 0 Å². The molecule has 2 heterocycles. The van der Waals surface area contributed by atoms with Crippen LogP contribution in [-0.2, 0) is 17.8 Å². The van der Waals surface area contributed by atoms with Crippen molar-refractivity contribution in [3.8, 4) is 10.8 Å². The van der Waals surface area contributed by atoms with Crippen molar-refractivity contribution in [3.05, 3.63) is 64.9 Å². The first-order valence-electron chi connectivity index (χ1n) is 7.98. The van der Waals surface area contributed by atoms with Gasteiger partial charge >= 0.3 is 0 Å². The van der Waals surface area contributed by atoms with Crippen LogP contribution in [0.4, 0.5) is 0 Å². The quantitative estimate of drug-likeness (QED) is 0.462. The van der Waals surface area contributed by atoms with E-state index >= 15 is 0 Å². The number of thiophene rings is 1. The van der Waals surface area contributed by atoms with Crippen LogP contribution in [-0.4, -0.2) is 16.0 Å². The van der Waals surface area contributed by atoms with Gasteiger partial charge in [-0.05, 0) is 36.2 Å². The Morgan fingerprint density at radius 3 is 2.73 bits per heavy atom. The summed E-state index contributed by atoms with van der Waals surface area (Å²) < 4.78 is 5.63. The van der Waals surface area contributed by atoms with Crippen LogP contribution in [0.2, 0.25) is 0 Å². The van der Waals surface area contributed by atoms with Crippen molar-refractivity contribution in [1.29, 1.82) is 0 Å². The molecule has 0 saturated carbocycles. The summed E-state index contributed by atoms with van der Waals surface area (Å²) in [6.07, 6.45) is 0.106. The topological polar surface area (TPSA) is 79.2 Å². The van der Waals surface area contributed by atoms with E-state index in [9.17, 15) is 4.79 Å². The summed E-state index contributed by atoms with van der Waals surface area (Å²) in [6.45, 7) is 2.38. The van der Waals surface area contributed by atoms with Gasteiger partial charge in [-0.1, -0.05) is 36.4 Å². The molecule has 0 bridgehead atoms. The van der Waals surface area contributed by atoms with Crippen LogP contribution in [0.3, 0.4) is 0 Å². The van der Waals surface area contributed by atoms with Gasteiger partial charge in [-0.3, -0.25) is 15.6 Å². The average Bonchev–Trinajstić information content (AvgIpc) is 3.29. The van der Waals surface area contributed by atoms with Crippen LogP contribution in [0.15, 0.2) is 52.3 Å². The van der Waals surface area contributed by atoms with E-state index in [0.29, 0.717) is 29.0 Å². The van der Waals surface area contributed by atoms with Gasteiger partial charge in [0.15, 0.2) is 5.11 Å². The van der Waals surface area contributed by atoms with Crippen molar-refractivity contribution >= 4 is 34.6 Å². The average molecular weight is 387 g/mol. The summed E-state index contributed by atoms with van der Waals surface area (Å²) in [7, 11) is 0. The minimum absolute atomic E-state index is 0.106. The van der Waals surface area contributed by atoms with E-state index < -0.39 is 0 Å². The van der Waals surface area contributed by atoms with E-state index in [-0.39, 0.29) is 12.3 Å². The third-order valence-electron chi connectivity index (χ3n) is 3.56. The summed E-state index contributed by atoms with van der Waals surface area (Å²) in [5, 5.41) is 5.32. The fraction of sp³-hybridized carbons (Fsp3) is 0.167. The van der Waals surface area contributed by atoms with Crippen molar-refractivity contribution < 1.29 is 9.21 Å². The third kappa shape index (κ3) is 4.90. The lowest BCUT2D eigenvalue weighted by atomic mass is 10.2. The molecule has 3 aromatic rings. The number of aryl methyl sites for hydroxylation is 1. The lowest BCUT2D eigenvalue weighted by molar-refractivity contribution is -0.121. The minimum atomic E-state index is -0.247. The maximum Gasteiger partial charge on any atom is 0.244 e. The Morgan fingerprint density at radius 2 is 2.00 bits per heavy atom. The Morgan fingerprint density at radius 1 is 1.19 bits per heavy atom. The van der Waals surface area contributed by atoms with Gasteiger partial charge in [0, 0.05) is 6.54 Å². The molecular weight excluding hydrogens is 368 g/mol. The highest BCUT2D eigenvalue weighted by atomic mass is 32.1. The lowest BCUT2D eigenvalue weighted by Crippen LogP contribution is -2.47. The number of carbonyl (C=O) groups excluding carboxylic acids is 1. The molecule has 1 aromatic carbocycles. The molecule has 134 valence electrons. The Labute approximate surface area is 160 Å². The molecule has 8 heteroatoms. The first-order chi connectivity index (χ1) is 12.6. The zero-order chi connectivity index (χ0) is 18.4. The monoisotopic (exact) mass is 386 g/mol. The van der Waals surface area contributed by atoms with Crippen molar-refractivity contribution in [2.75, 3.05) is 0 Å². The number of hydrogen-bond acceptors (Lipinski definition) is 5. The number of oxazole rings is 1. The number of benzene rings is 1.